The molecule has 27 heavy (non-hydrogen) atoms. The molecule has 1 aromatic carbocycles. The Hall–Kier alpha value is -2.57. The molecule has 2 aromatic heterocycles. The third kappa shape index (κ3) is 3.91. The lowest BCUT2D eigenvalue weighted by Gasteiger charge is -2.31. The van der Waals surface area contributed by atoms with Crippen LogP contribution in [0.4, 0.5) is 0 Å². The van der Waals surface area contributed by atoms with Gasteiger partial charge in [-0.2, -0.15) is 5.10 Å². The molecule has 0 amide bonds. The van der Waals surface area contributed by atoms with Crippen molar-refractivity contribution < 1.29 is 0 Å². The lowest BCUT2D eigenvalue weighted by atomic mass is 9.95. The van der Waals surface area contributed by atoms with Gasteiger partial charge in [0.05, 0.1) is 17.6 Å². The van der Waals surface area contributed by atoms with Gasteiger partial charge in [-0.25, -0.2) is 9.97 Å². The first kappa shape index (κ1) is 17.8. The van der Waals surface area contributed by atoms with Crippen LogP contribution in [-0.2, 0) is 20.1 Å². The molecule has 3 heterocycles. The molecule has 6 nitrogen and oxygen atoms in total. The molecule has 1 aliphatic rings. The zero-order valence-corrected chi connectivity index (χ0v) is 15.8. The SMILES string of the molecule is Cn1ncc(CN)c1CN1CCC(c2nccc(-c3ccccc3)n2)CC1. The van der Waals surface area contributed by atoms with Crippen molar-refractivity contribution >= 4 is 0 Å². The monoisotopic (exact) mass is 362 g/mol. The van der Waals surface area contributed by atoms with Gasteiger partial charge in [-0.05, 0) is 32.0 Å². The maximum atomic E-state index is 5.84. The van der Waals surface area contributed by atoms with Crippen LogP contribution in [0.5, 0.6) is 0 Å². The summed E-state index contributed by atoms with van der Waals surface area (Å²) in [7, 11) is 1.99. The molecule has 0 unspecified atom stereocenters. The number of benzene rings is 1. The van der Waals surface area contributed by atoms with Gasteiger partial charge in [-0.1, -0.05) is 30.3 Å². The van der Waals surface area contributed by atoms with Gasteiger partial charge in [0.15, 0.2) is 0 Å². The van der Waals surface area contributed by atoms with Crippen molar-refractivity contribution in [2.75, 3.05) is 13.1 Å². The third-order valence-corrected chi connectivity index (χ3v) is 5.44. The number of nitrogens with two attached hydrogens (primary N) is 1. The minimum absolute atomic E-state index is 0.422. The third-order valence-electron chi connectivity index (χ3n) is 5.44. The van der Waals surface area contributed by atoms with Crippen molar-refractivity contribution in [2.24, 2.45) is 12.8 Å². The maximum absolute atomic E-state index is 5.84. The van der Waals surface area contributed by atoms with Crippen LogP contribution in [0.2, 0.25) is 0 Å². The molecule has 0 bridgehead atoms. The number of nitrogens with zero attached hydrogens (tertiary/aromatic N) is 5. The molecular weight excluding hydrogens is 336 g/mol. The molecule has 0 saturated carbocycles. The topological polar surface area (TPSA) is 72.9 Å². The summed E-state index contributed by atoms with van der Waals surface area (Å²) in [4.78, 5) is 11.9. The first-order valence-electron chi connectivity index (χ1n) is 9.55. The lowest BCUT2D eigenvalue weighted by Crippen LogP contribution is -2.34. The average molecular weight is 362 g/mol. The van der Waals surface area contributed by atoms with E-state index in [0.29, 0.717) is 12.5 Å². The summed E-state index contributed by atoms with van der Waals surface area (Å²) >= 11 is 0. The van der Waals surface area contributed by atoms with Gasteiger partial charge in [0.1, 0.15) is 5.82 Å². The summed E-state index contributed by atoms with van der Waals surface area (Å²) in [5, 5.41) is 4.34. The highest BCUT2D eigenvalue weighted by Gasteiger charge is 2.24. The van der Waals surface area contributed by atoms with Crippen LogP contribution in [0.3, 0.4) is 0 Å². The molecule has 140 valence electrons. The Labute approximate surface area is 160 Å². The lowest BCUT2D eigenvalue weighted by molar-refractivity contribution is 0.197. The van der Waals surface area contributed by atoms with E-state index in [1.54, 1.807) is 0 Å². The van der Waals surface area contributed by atoms with Crippen LogP contribution in [-0.4, -0.2) is 37.7 Å². The van der Waals surface area contributed by atoms with Gasteiger partial charge in [-0.15, -0.1) is 0 Å². The zero-order valence-electron chi connectivity index (χ0n) is 15.8. The highest BCUT2D eigenvalue weighted by molar-refractivity contribution is 5.58. The second-order valence-electron chi connectivity index (χ2n) is 7.16. The van der Waals surface area contributed by atoms with Crippen LogP contribution in [0.15, 0.2) is 48.8 Å². The molecule has 0 radical (unpaired) electrons. The smallest absolute Gasteiger partial charge is 0.132 e. The quantitative estimate of drug-likeness (QED) is 0.755. The molecule has 0 aliphatic carbocycles. The summed E-state index contributed by atoms with van der Waals surface area (Å²) < 4.78 is 1.95. The molecule has 6 heteroatoms. The Morgan fingerprint density at radius 2 is 1.89 bits per heavy atom. The van der Waals surface area contributed by atoms with Crippen molar-refractivity contribution in [1.29, 1.82) is 0 Å². The Bertz CT molecular complexity index is 881. The van der Waals surface area contributed by atoms with Gasteiger partial charge in [0.25, 0.3) is 0 Å². The maximum Gasteiger partial charge on any atom is 0.132 e. The number of rotatable bonds is 5. The fourth-order valence-corrected chi connectivity index (χ4v) is 3.78. The highest BCUT2D eigenvalue weighted by Crippen LogP contribution is 2.28. The summed E-state index contributed by atoms with van der Waals surface area (Å²) in [6.07, 6.45) is 5.92. The second-order valence-corrected chi connectivity index (χ2v) is 7.16. The van der Waals surface area contributed by atoms with Crippen molar-refractivity contribution in [3.8, 4) is 11.3 Å². The average Bonchev–Trinajstić information content (AvgIpc) is 3.09. The van der Waals surface area contributed by atoms with Crippen molar-refractivity contribution in [2.45, 2.75) is 31.8 Å². The van der Waals surface area contributed by atoms with E-state index >= 15 is 0 Å². The Kier molecular flexibility index (Phi) is 5.27. The molecule has 0 atom stereocenters. The summed E-state index contributed by atoms with van der Waals surface area (Å²) in [6.45, 7) is 3.53. The number of hydrogen-bond acceptors (Lipinski definition) is 5. The van der Waals surface area contributed by atoms with Crippen molar-refractivity contribution in [3.63, 3.8) is 0 Å². The van der Waals surface area contributed by atoms with Crippen LogP contribution in [0.25, 0.3) is 11.3 Å². The largest absolute Gasteiger partial charge is 0.326 e. The predicted molar refractivity (Wildman–Crippen MR) is 106 cm³/mol. The van der Waals surface area contributed by atoms with E-state index in [4.69, 9.17) is 10.7 Å². The standard InChI is InChI=1S/C21H26N6/c1-26-20(18(13-22)14-24-26)15-27-11-8-17(9-12-27)21-23-10-7-19(25-21)16-5-3-2-4-6-16/h2-7,10,14,17H,8-9,11-13,15,22H2,1H3. The normalized spacial score (nSPS) is 15.9. The van der Waals surface area contributed by atoms with Gasteiger partial charge < -0.3 is 5.73 Å². The Morgan fingerprint density at radius 1 is 1.11 bits per heavy atom. The van der Waals surface area contributed by atoms with E-state index < -0.39 is 0 Å². The Morgan fingerprint density at radius 3 is 2.63 bits per heavy atom. The molecule has 0 spiro atoms. The molecule has 1 aliphatic heterocycles. The van der Waals surface area contributed by atoms with E-state index in [1.807, 2.05) is 48.4 Å². The van der Waals surface area contributed by atoms with Gasteiger partial charge in [0, 0.05) is 43.4 Å². The zero-order chi connectivity index (χ0) is 18.6. The molecule has 4 rings (SSSR count). The fourth-order valence-electron chi connectivity index (χ4n) is 3.78. The Balaban J connectivity index is 1.42. The molecule has 2 N–H and O–H groups in total. The van der Waals surface area contributed by atoms with Gasteiger partial charge >= 0.3 is 0 Å². The molecular formula is C21H26N6. The van der Waals surface area contributed by atoms with Crippen molar-refractivity contribution in [3.05, 3.63) is 65.9 Å². The van der Waals surface area contributed by atoms with Crippen LogP contribution in [0, 0.1) is 0 Å². The number of piperidine rings is 1. The fraction of sp³-hybridized carbons (Fsp3) is 0.381. The van der Waals surface area contributed by atoms with E-state index in [-0.39, 0.29) is 0 Å². The van der Waals surface area contributed by atoms with Gasteiger partial charge in [0.2, 0.25) is 0 Å². The number of likely N-dealkylation sites (tertiary alicyclic amines) is 1. The second kappa shape index (κ2) is 7.98. The molecule has 1 saturated heterocycles. The summed E-state index contributed by atoms with van der Waals surface area (Å²) in [6, 6.07) is 12.3. The van der Waals surface area contributed by atoms with E-state index in [2.05, 4.69) is 27.1 Å². The number of aromatic nitrogens is 4. The van der Waals surface area contributed by atoms with Crippen LogP contribution < -0.4 is 5.73 Å². The predicted octanol–water partition coefficient (Wildman–Crippen LogP) is 2.72. The van der Waals surface area contributed by atoms with Crippen LogP contribution in [0.1, 0.15) is 35.8 Å². The summed E-state index contributed by atoms with van der Waals surface area (Å²) in [5.74, 6) is 1.39. The molecule has 1 fully saturated rings. The van der Waals surface area contributed by atoms with Crippen molar-refractivity contribution in [1.82, 2.24) is 24.6 Å². The first-order chi connectivity index (χ1) is 13.2. The minimum Gasteiger partial charge on any atom is -0.326 e. The number of aryl methyl sites for hydroxylation is 1. The summed E-state index contributed by atoms with van der Waals surface area (Å²) in [5.41, 5.74) is 10.3. The van der Waals surface area contributed by atoms with E-state index in [0.717, 1.165) is 55.1 Å². The first-order valence-corrected chi connectivity index (χ1v) is 9.55. The van der Waals surface area contributed by atoms with E-state index in [9.17, 15) is 0 Å². The van der Waals surface area contributed by atoms with Gasteiger partial charge in [-0.3, -0.25) is 9.58 Å². The van der Waals surface area contributed by atoms with E-state index in [1.165, 1.54) is 5.69 Å². The van der Waals surface area contributed by atoms with Crippen LogP contribution >= 0.6 is 0 Å². The highest BCUT2D eigenvalue weighted by atomic mass is 15.3. The minimum atomic E-state index is 0.422. The number of hydrogen-bond donors (Lipinski definition) is 1. The molecule has 3 aromatic rings.